The molecule has 0 spiro atoms. The number of hydrogen-bond acceptors (Lipinski definition) is 2. The van der Waals surface area contributed by atoms with E-state index < -0.39 is 0 Å². The normalized spacial score (nSPS) is 28.5. The molecule has 2 nitrogen and oxygen atoms in total. The summed E-state index contributed by atoms with van der Waals surface area (Å²) >= 11 is 0. The molecule has 14 heavy (non-hydrogen) atoms. The highest BCUT2D eigenvalue weighted by Gasteiger charge is 2.25. The van der Waals surface area contributed by atoms with Gasteiger partial charge in [0.05, 0.1) is 0 Å². The number of likely N-dealkylation sites (tertiary alicyclic amines) is 1. The Kier molecular flexibility index (Phi) is 7.20. The molecule has 0 aromatic rings. The van der Waals surface area contributed by atoms with E-state index in [0.717, 1.165) is 5.92 Å². The third-order valence-corrected chi connectivity index (χ3v) is 3.09. The maximum Gasteiger partial charge on any atom is 0.0218 e. The summed E-state index contributed by atoms with van der Waals surface area (Å²) < 4.78 is 0. The Morgan fingerprint density at radius 1 is 1.29 bits per heavy atom. The SMILES string of the molecule is CC.CNC1CN(C(C)C)CCC1C. The highest BCUT2D eigenvalue weighted by atomic mass is 15.2. The van der Waals surface area contributed by atoms with Gasteiger partial charge in [-0.1, -0.05) is 20.8 Å². The molecule has 0 saturated carbocycles. The maximum absolute atomic E-state index is 3.40. The molecule has 86 valence electrons. The van der Waals surface area contributed by atoms with Crippen molar-refractivity contribution in [1.82, 2.24) is 10.2 Å². The molecular weight excluding hydrogens is 172 g/mol. The number of piperidine rings is 1. The van der Waals surface area contributed by atoms with E-state index in [2.05, 4.69) is 38.0 Å². The second-order valence-corrected chi connectivity index (χ2v) is 4.25. The van der Waals surface area contributed by atoms with E-state index in [1.165, 1.54) is 19.5 Å². The van der Waals surface area contributed by atoms with Crippen molar-refractivity contribution in [2.24, 2.45) is 5.92 Å². The number of hydrogen-bond donors (Lipinski definition) is 1. The summed E-state index contributed by atoms with van der Waals surface area (Å²) in [6.07, 6.45) is 1.34. The number of nitrogens with zero attached hydrogens (tertiary/aromatic N) is 1. The highest BCUT2D eigenvalue weighted by molar-refractivity contribution is 4.83. The van der Waals surface area contributed by atoms with Crippen molar-refractivity contribution in [1.29, 1.82) is 0 Å². The monoisotopic (exact) mass is 200 g/mol. The minimum atomic E-state index is 0.696. The van der Waals surface area contributed by atoms with Crippen LogP contribution in [-0.4, -0.2) is 37.1 Å². The molecular formula is C12H28N2. The summed E-state index contributed by atoms with van der Waals surface area (Å²) in [6, 6.07) is 1.40. The second-order valence-electron chi connectivity index (χ2n) is 4.25. The molecule has 1 fully saturated rings. The molecule has 1 aliphatic rings. The quantitative estimate of drug-likeness (QED) is 0.736. The van der Waals surface area contributed by atoms with Gasteiger partial charge in [-0.3, -0.25) is 4.90 Å². The van der Waals surface area contributed by atoms with Crippen LogP contribution in [-0.2, 0) is 0 Å². The lowest BCUT2D eigenvalue weighted by molar-refractivity contribution is 0.123. The predicted octanol–water partition coefficient (Wildman–Crippen LogP) is 2.35. The van der Waals surface area contributed by atoms with E-state index in [0.29, 0.717) is 12.1 Å². The predicted molar refractivity (Wildman–Crippen MR) is 64.7 cm³/mol. The van der Waals surface area contributed by atoms with Gasteiger partial charge in [-0.15, -0.1) is 0 Å². The van der Waals surface area contributed by atoms with Crippen LogP contribution in [0.25, 0.3) is 0 Å². The molecule has 1 aliphatic heterocycles. The van der Waals surface area contributed by atoms with E-state index in [-0.39, 0.29) is 0 Å². The van der Waals surface area contributed by atoms with E-state index >= 15 is 0 Å². The smallest absolute Gasteiger partial charge is 0.0218 e. The van der Waals surface area contributed by atoms with E-state index in [1.807, 2.05) is 13.8 Å². The van der Waals surface area contributed by atoms with Gasteiger partial charge in [0.25, 0.3) is 0 Å². The fraction of sp³-hybridized carbons (Fsp3) is 1.00. The molecule has 0 aromatic carbocycles. The van der Waals surface area contributed by atoms with Gasteiger partial charge in [-0.2, -0.15) is 0 Å². The van der Waals surface area contributed by atoms with Gasteiger partial charge in [0.2, 0.25) is 0 Å². The molecule has 0 aliphatic carbocycles. The van der Waals surface area contributed by atoms with Crippen molar-refractivity contribution < 1.29 is 0 Å². The fourth-order valence-corrected chi connectivity index (χ4v) is 1.94. The Balaban J connectivity index is 0.000000791. The average molecular weight is 200 g/mol. The molecule has 0 amide bonds. The summed E-state index contributed by atoms with van der Waals surface area (Å²) in [5.41, 5.74) is 0. The lowest BCUT2D eigenvalue weighted by atomic mass is 9.93. The first-order chi connectivity index (χ1) is 6.65. The van der Waals surface area contributed by atoms with Crippen molar-refractivity contribution in [3.05, 3.63) is 0 Å². The summed E-state index contributed by atoms with van der Waals surface area (Å²) in [4.78, 5) is 2.56. The molecule has 0 radical (unpaired) electrons. The Labute approximate surface area is 90.1 Å². The lowest BCUT2D eigenvalue weighted by Crippen LogP contribution is -2.51. The van der Waals surface area contributed by atoms with Gasteiger partial charge < -0.3 is 5.32 Å². The molecule has 2 unspecified atom stereocenters. The van der Waals surface area contributed by atoms with Crippen LogP contribution >= 0.6 is 0 Å². The third-order valence-electron chi connectivity index (χ3n) is 3.09. The van der Waals surface area contributed by atoms with Crippen molar-refractivity contribution >= 4 is 0 Å². The lowest BCUT2D eigenvalue weighted by Gasteiger charge is -2.39. The molecule has 1 saturated heterocycles. The van der Waals surface area contributed by atoms with Crippen molar-refractivity contribution in [2.75, 3.05) is 20.1 Å². The maximum atomic E-state index is 3.40. The summed E-state index contributed by atoms with van der Waals surface area (Å²) in [5, 5.41) is 3.40. The van der Waals surface area contributed by atoms with Crippen molar-refractivity contribution in [2.45, 2.75) is 53.1 Å². The molecule has 0 bridgehead atoms. The van der Waals surface area contributed by atoms with E-state index in [9.17, 15) is 0 Å². The molecule has 2 atom stereocenters. The van der Waals surface area contributed by atoms with Crippen LogP contribution < -0.4 is 5.32 Å². The summed E-state index contributed by atoms with van der Waals surface area (Å²) in [6.45, 7) is 13.4. The van der Waals surface area contributed by atoms with Gasteiger partial charge >= 0.3 is 0 Å². The molecule has 1 rings (SSSR count). The Morgan fingerprint density at radius 2 is 1.86 bits per heavy atom. The molecule has 1 N–H and O–H groups in total. The fourth-order valence-electron chi connectivity index (χ4n) is 1.94. The first-order valence-corrected chi connectivity index (χ1v) is 6.06. The summed E-state index contributed by atoms with van der Waals surface area (Å²) in [5.74, 6) is 0.838. The minimum Gasteiger partial charge on any atom is -0.315 e. The van der Waals surface area contributed by atoms with Crippen LogP contribution in [0, 0.1) is 5.92 Å². The number of likely N-dealkylation sites (N-methyl/N-ethyl adjacent to an activating group) is 1. The van der Waals surface area contributed by atoms with E-state index in [4.69, 9.17) is 0 Å². The van der Waals surface area contributed by atoms with Crippen LogP contribution in [0.1, 0.15) is 41.0 Å². The Hall–Kier alpha value is -0.0800. The van der Waals surface area contributed by atoms with E-state index in [1.54, 1.807) is 0 Å². The third kappa shape index (κ3) is 3.97. The Bertz CT molecular complexity index is 134. The standard InChI is InChI=1S/C10H22N2.C2H6/c1-8(2)12-6-5-9(3)10(7-12)11-4;1-2/h8-11H,5-7H2,1-4H3;1-2H3. The summed E-state index contributed by atoms with van der Waals surface area (Å²) in [7, 11) is 2.07. The van der Waals surface area contributed by atoms with Crippen LogP contribution in [0.5, 0.6) is 0 Å². The van der Waals surface area contributed by atoms with Gasteiger partial charge in [0.1, 0.15) is 0 Å². The number of nitrogens with one attached hydrogen (secondary N) is 1. The van der Waals surface area contributed by atoms with Gasteiger partial charge in [0.15, 0.2) is 0 Å². The zero-order chi connectivity index (χ0) is 11.1. The first-order valence-electron chi connectivity index (χ1n) is 6.06. The van der Waals surface area contributed by atoms with Crippen LogP contribution in [0.4, 0.5) is 0 Å². The van der Waals surface area contributed by atoms with Crippen LogP contribution in [0.3, 0.4) is 0 Å². The molecule has 0 aromatic heterocycles. The molecule has 1 heterocycles. The first kappa shape index (κ1) is 13.9. The van der Waals surface area contributed by atoms with Crippen LogP contribution in [0.2, 0.25) is 0 Å². The van der Waals surface area contributed by atoms with Gasteiger partial charge in [-0.25, -0.2) is 0 Å². The average Bonchev–Trinajstić information content (AvgIpc) is 2.21. The Morgan fingerprint density at radius 3 is 2.29 bits per heavy atom. The second kappa shape index (κ2) is 7.24. The van der Waals surface area contributed by atoms with Crippen molar-refractivity contribution in [3.8, 4) is 0 Å². The van der Waals surface area contributed by atoms with Crippen molar-refractivity contribution in [3.63, 3.8) is 0 Å². The zero-order valence-corrected chi connectivity index (χ0v) is 10.8. The van der Waals surface area contributed by atoms with Crippen LogP contribution in [0.15, 0.2) is 0 Å². The zero-order valence-electron chi connectivity index (χ0n) is 10.8. The van der Waals surface area contributed by atoms with Gasteiger partial charge in [0, 0.05) is 18.6 Å². The highest BCUT2D eigenvalue weighted by Crippen LogP contribution is 2.18. The minimum absolute atomic E-state index is 0.696. The topological polar surface area (TPSA) is 15.3 Å². The molecule has 2 heteroatoms. The largest absolute Gasteiger partial charge is 0.315 e. The van der Waals surface area contributed by atoms with Gasteiger partial charge in [-0.05, 0) is 39.8 Å². The number of rotatable bonds is 2.